The van der Waals surface area contributed by atoms with Crippen LogP contribution in [0.25, 0.3) is 0 Å². The Morgan fingerprint density at radius 1 is 0.972 bits per heavy atom. The van der Waals surface area contributed by atoms with Crippen molar-refractivity contribution in [3.8, 4) is 0 Å². The van der Waals surface area contributed by atoms with E-state index < -0.39 is 6.10 Å². The summed E-state index contributed by atoms with van der Waals surface area (Å²) >= 11 is 11.9. The molecule has 0 saturated carbocycles. The Morgan fingerprint density at radius 2 is 1.75 bits per heavy atom. The highest BCUT2D eigenvalue weighted by atomic mass is 35.5. The predicted octanol–water partition coefficient (Wildman–Crippen LogP) is 5.77. The van der Waals surface area contributed by atoms with Crippen molar-refractivity contribution in [3.05, 3.63) is 95.8 Å². The van der Waals surface area contributed by atoms with E-state index in [2.05, 4.69) is 15.6 Å². The third-order valence-corrected chi connectivity index (χ3v) is 6.26. The van der Waals surface area contributed by atoms with Gasteiger partial charge in [0, 0.05) is 42.3 Å². The van der Waals surface area contributed by atoms with Crippen LogP contribution in [-0.4, -0.2) is 41.2 Å². The second kappa shape index (κ2) is 15.1. The zero-order chi connectivity index (χ0) is 25.6. The molecule has 1 heterocycles. The van der Waals surface area contributed by atoms with Crippen LogP contribution in [-0.2, 0) is 16.0 Å². The number of anilines is 1. The summed E-state index contributed by atoms with van der Waals surface area (Å²) in [6.45, 7) is 0.163. The van der Waals surface area contributed by atoms with E-state index in [-0.39, 0.29) is 30.9 Å². The number of carbonyl (C=O) groups is 2. The number of benzene rings is 2. The molecule has 1 aromatic heterocycles. The molecular weight excluding hydrogens is 497 g/mol. The number of nitrogens with zero attached hydrogens (tertiary/aromatic N) is 1. The van der Waals surface area contributed by atoms with Crippen molar-refractivity contribution in [1.82, 2.24) is 10.3 Å². The van der Waals surface area contributed by atoms with E-state index in [1.807, 2.05) is 54.6 Å². The van der Waals surface area contributed by atoms with Gasteiger partial charge in [-0.15, -0.1) is 23.2 Å². The van der Waals surface area contributed by atoms with E-state index in [0.717, 1.165) is 23.2 Å². The molecule has 8 heteroatoms. The number of amides is 1. The van der Waals surface area contributed by atoms with Crippen LogP contribution in [0.2, 0.25) is 0 Å². The van der Waals surface area contributed by atoms with E-state index in [4.69, 9.17) is 27.9 Å². The molecule has 6 nitrogen and oxygen atoms in total. The Morgan fingerprint density at radius 3 is 2.47 bits per heavy atom. The molecule has 36 heavy (non-hydrogen) atoms. The smallest absolute Gasteiger partial charge is 0.306 e. The fraction of sp³-hybridized carbons (Fsp3) is 0.321. The van der Waals surface area contributed by atoms with Crippen LogP contribution in [0.4, 0.5) is 5.69 Å². The molecule has 190 valence electrons. The van der Waals surface area contributed by atoms with Crippen molar-refractivity contribution < 1.29 is 14.3 Å². The summed E-state index contributed by atoms with van der Waals surface area (Å²) in [7, 11) is 0. The van der Waals surface area contributed by atoms with Gasteiger partial charge in [0.1, 0.15) is 6.10 Å². The molecule has 0 fully saturated rings. The molecule has 0 saturated heterocycles. The molecule has 1 amide bonds. The fourth-order valence-electron chi connectivity index (χ4n) is 3.74. The summed E-state index contributed by atoms with van der Waals surface area (Å²) in [5.74, 6) is 0.411. The number of esters is 1. The van der Waals surface area contributed by atoms with Gasteiger partial charge >= 0.3 is 5.97 Å². The molecular formula is C28H31Cl2N3O3. The third kappa shape index (κ3) is 8.85. The molecule has 2 unspecified atom stereocenters. The first-order valence-corrected chi connectivity index (χ1v) is 13.1. The lowest BCUT2D eigenvalue weighted by molar-refractivity contribution is -0.149. The largest absolute Gasteiger partial charge is 0.456 e. The quantitative estimate of drug-likeness (QED) is 0.205. The van der Waals surface area contributed by atoms with Crippen LogP contribution in [0.1, 0.15) is 46.9 Å². The summed E-state index contributed by atoms with van der Waals surface area (Å²) in [5.41, 5.74) is 3.38. The molecule has 3 rings (SSSR count). The number of nitrogens with one attached hydrogen (secondary N) is 2. The summed E-state index contributed by atoms with van der Waals surface area (Å²) in [4.78, 5) is 29.2. The number of alkyl halides is 2. The number of para-hydroxylation sites is 1. The van der Waals surface area contributed by atoms with Crippen molar-refractivity contribution >= 4 is 40.8 Å². The van der Waals surface area contributed by atoms with Gasteiger partial charge in [-0.25, -0.2) is 0 Å². The normalized spacial score (nSPS) is 12.4. The second-order valence-corrected chi connectivity index (χ2v) is 9.01. The van der Waals surface area contributed by atoms with Gasteiger partial charge < -0.3 is 15.4 Å². The van der Waals surface area contributed by atoms with Gasteiger partial charge in [0.2, 0.25) is 0 Å². The van der Waals surface area contributed by atoms with Crippen LogP contribution < -0.4 is 10.6 Å². The van der Waals surface area contributed by atoms with Gasteiger partial charge in [-0.1, -0.05) is 48.5 Å². The Kier molecular flexibility index (Phi) is 11.5. The fourth-order valence-corrected chi connectivity index (χ4v) is 4.23. The standard InChI is InChI=1S/C28H31Cl2N3O3/c29-16-15-24(18-30)33-25-13-5-4-8-21(25)11-6-14-27(34)36-26(22-9-2-1-3-10-22)20-32-28(35)23-12-7-17-31-19-23/h1-5,7-10,12-13,17,19,24,26,33H,6,11,14-16,18,20H2,(H,32,35). The Bertz CT molecular complexity index is 1080. The van der Waals surface area contributed by atoms with Gasteiger partial charge in [0.15, 0.2) is 0 Å². The average Bonchev–Trinajstić information content (AvgIpc) is 2.92. The number of hydrogen-bond donors (Lipinski definition) is 2. The van der Waals surface area contributed by atoms with Gasteiger partial charge in [-0.2, -0.15) is 0 Å². The summed E-state index contributed by atoms with van der Waals surface area (Å²) in [6, 6.07) is 20.9. The summed E-state index contributed by atoms with van der Waals surface area (Å²) in [5, 5.41) is 6.30. The first kappa shape index (κ1) is 27.5. The number of aromatic nitrogens is 1. The van der Waals surface area contributed by atoms with E-state index in [0.29, 0.717) is 30.2 Å². The number of pyridine rings is 1. The maximum atomic E-state index is 12.7. The lowest BCUT2D eigenvalue weighted by Gasteiger charge is -2.20. The van der Waals surface area contributed by atoms with Crippen LogP contribution in [0.5, 0.6) is 0 Å². The van der Waals surface area contributed by atoms with Crippen LogP contribution in [0.15, 0.2) is 79.1 Å². The summed E-state index contributed by atoms with van der Waals surface area (Å²) < 4.78 is 5.79. The zero-order valence-electron chi connectivity index (χ0n) is 20.0. The van der Waals surface area contributed by atoms with Crippen molar-refractivity contribution in [3.63, 3.8) is 0 Å². The lowest BCUT2D eigenvalue weighted by atomic mass is 10.0. The molecule has 0 aliphatic rings. The maximum Gasteiger partial charge on any atom is 0.306 e. The monoisotopic (exact) mass is 527 g/mol. The van der Waals surface area contributed by atoms with Gasteiger partial charge in [-0.3, -0.25) is 14.6 Å². The third-order valence-electron chi connectivity index (χ3n) is 5.66. The predicted molar refractivity (Wildman–Crippen MR) is 145 cm³/mol. The number of rotatable bonds is 14. The van der Waals surface area contributed by atoms with E-state index in [1.54, 1.807) is 18.3 Å². The van der Waals surface area contributed by atoms with E-state index in [1.165, 1.54) is 6.20 Å². The number of carbonyl (C=O) groups excluding carboxylic acids is 2. The average molecular weight is 528 g/mol. The van der Waals surface area contributed by atoms with Crippen molar-refractivity contribution in [2.24, 2.45) is 0 Å². The van der Waals surface area contributed by atoms with Crippen LogP contribution >= 0.6 is 23.2 Å². The van der Waals surface area contributed by atoms with Crippen LogP contribution in [0, 0.1) is 0 Å². The molecule has 0 radical (unpaired) electrons. The highest BCUT2D eigenvalue weighted by Gasteiger charge is 2.18. The topological polar surface area (TPSA) is 80.3 Å². The number of halogens is 2. The SMILES string of the molecule is O=C(CCCc1ccccc1NC(CCl)CCCl)OC(CNC(=O)c1cccnc1)c1ccccc1. The Labute approximate surface area is 222 Å². The number of aryl methyl sites for hydroxylation is 1. The minimum atomic E-state index is -0.590. The molecule has 0 spiro atoms. The van der Waals surface area contributed by atoms with Crippen LogP contribution in [0.3, 0.4) is 0 Å². The van der Waals surface area contributed by atoms with Gasteiger partial charge in [0.05, 0.1) is 12.1 Å². The molecule has 3 aromatic rings. The molecule has 0 aliphatic carbocycles. The molecule has 2 atom stereocenters. The number of hydrogen-bond acceptors (Lipinski definition) is 5. The lowest BCUT2D eigenvalue weighted by Crippen LogP contribution is -2.30. The molecule has 2 N–H and O–H groups in total. The highest BCUT2D eigenvalue weighted by molar-refractivity contribution is 6.19. The minimum absolute atomic E-state index is 0.0868. The second-order valence-electron chi connectivity index (χ2n) is 8.32. The maximum absolute atomic E-state index is 12.7. The first-order chi connectivity index (χ1) is 17.6. The van der Waals surface area contributed by atoms with Gasteiger partial charge in [-0.05, 0) is 48.6 Å². The van der Waals surface area contributed by atoms with E-state index in [9.17, 15) is 9.59 Å². The highest BCUT2D eigenvalue weighted by Crippen LogP contribution is 2.21. The van der Waals surface area contributed by atoms with Crippen molar-refractivity contribution in [2.45, 2.75) is 37.8 Å². The van der Waals surface area contributed by atoms with Crippen molar-refractivity contribution in [1.29, 1.82) is 0 Å². The molecule has 2 aromatic carbocycles. The first-order valence-electron chi connectivity index (χ1n) is 12.0. The summed E-state index contributed by atoms with van der Waals surface area (Å²) in [6.07, 6.45) is 4.88. The molecule has 0 bridgehead atoms. The Hall–Kier alpha value is -3.09. The number of ether oxygens (including phenoxy) is 1. The minimum Gasteiger partial charge on any atom is -0.456 e. The molecule has 0 aliphatic heterocycles. The zero-order valence-corrected chi connectivity index (χ0v) is 21.5. The van der Waals surface area contributed by atoms with Crippen molar-refractivity contribution in [2.75, 3.05) is 23.6 Å². The van der Waals surface area contributed by atoms with E-state index >= 15 is 0 Å². The van der Waals surface area contributed by atoms with Gasteiger partial charge in [0.25, 0.3) is 5.91 Å². The Balaban J connectivity index is 1.56.